The Kier molecular flexibility index (Phi) is 10.5. The standard InChI is InChI=1S/C52H55N4O.Pt/c1-49(2,3)34-16-15-17-38(26-34)54-33-55(47-29-35(50(4,5)6)20-23-45(47)54)39-27-37(52(10,11)12)28-41(31-39)57-40-21-22-43-42-18-13-14-19-44(42)56(46(43)32-40)48-30-36(24-25-53-48)51(7,8)9;/h13-30,33H,1-12H3;/q-3;. The summed E-state index contributed by atoms with van der Waals surface area (Å²) < 4.78 is 9.03. The van der Waals surface area contributed by atoms with Crippen molar-refractivity contribution >= 4 is 44.6 Å². The van der Waals surface area contributed by atoms with Crippen molar-refractivity contribution in [1.82, 2.24) is 9.55 Å². The summed E-state index contributed by atoms with van der Waals surface area (Å²) in [6, 6.07) is 44.5. The number of anilines is 4. The Bertz CT molecular complexity index is 2640. The summed E-state index contributed by atoms with van der Waals surface area (Å²) in [5.74, 6) is 2.12. The number of rotatable bonds is 5. The number of para-hydroxylation sites is 1. The Morgan fingerprint density at radius 2 is 1.21 bits per heavy atom. The van der Waals surface area contributed by atoms with Crippen molar-refractivity contribution in [2.75, 3.05) is 9.80 Å². The van der Waals surface area contributed by atoms with Gasteiger partial charge in [0.25, 0.3) is 0 Å². The molecule has 302 valence electrons. The molecule has 0 unspecified atom stereocenters. The Labute approximate surface area is 360 Å². The van der Waals surface area contributed by atoms with E-state index in [0.29, 0.717) is 11.5 Å². The largest absolute Gasteiger partial charge is 0.509 e. The zero-order valence-electron chi connectivity index (χ0n) is 36.0. The van der Waals surface area contributed by atoms with E-state index in [1.165, 1.54) is 16.7 Å². The third-order valence-electron chi connectivity index (χ3n) is 11.2. The molecular weight excluding hydrogens is 892 g/mol. The third-order valence-corrected chi connectivity index (χ3v) is 11.2. The Morgan fingerprint density at radius 3 is 1.91 bits per heavy atom. The summed E-state index contributed by atoms with van der Waals surface area (Å²) in [6.07, 6.45) is 1.91. The topological polar surface area (TPSA) is 33.5 Å². The number of fused-ring (bicyclic) bond motifs is 4. The predicted molar refractivity (Wildman–Crippen MR) is 239 cm³/mol. The van der Waals surface area contributed by atoms with Gasteiger partial charge >= 0.3 is 0 Å². The fourth-order valence-corrected chi connectivity index (χ4v) is 7.59. The van der Waals surface area contributed by atoms with Crippen LogP contribution in [0.4, 0.5) is 22.7 Å². The second-order valence-corrected chi connectivity index (χ2v) is 19.7. The van der Waals surface area contributed by atoms with Crippen LogP contribution >= 0.6 is 0 Å². The molecule has 0 spiro atoms. The van der Waals surface area contributed by atoms with Gasteiger partial charge in [-0.25, -0.2) is 4.98 Å². The first-order chi connectivity index (χ1) is 26.8. The maximum Gasteiger partial charge on any atom is 0.135 e. The van der Waals surface area contributed by atoms with E-state index in [1.54, 1.807) is 0 Å². The molecule has 2 aromatic heterocycles. The zero-order valence-corrected chi connectivity index (χ0v) is 38.3. The average molecular weight is 947 g/mol. The molecule has 5 nitrogen and oxygen atoms in total. The van der Waals surface area contributed by atoms with Crippen LogP contribution in [0.5, 0.6) is 11.5 Å². The second kappa shape index (κ2) is 14.8. The van der Waals surface area contributed by atoms with Crippen LogP contribution in [0.1, 0.15) is 105 Å². The van der Waals surface area contributed by atoms with Crippen LogP contribution in [0.2, 0.25) is 0 Å². The molecule has 1 aliphatic rings. The van der Waals surface area contributed by atoms with Gasteiger partial charge in [-0.3, -0.25) is 0 Å². The summed E-state index contributed by atoms with van der Waals surface area (Å²) in [7, 11) is 0. The summed E-state index contributed by atoms with van der Waals surface area (Å²) in [5.41, 5.74) is 11.1. The molecule has 6 heteroatoms. The molecular formula is C52H55N4OPt-3. The Balaban J connectivity index is 0.00000512. The summed E-state index contributed by atoms with van der Waals surface area (Å²) >= 11 is 0. The van der Waals surface area contributed by atoms with Crippen LogP contribution in [0.25, 0.3) is 27.6 Å². The third kappa shape index (κ3) is 7.83. The average Bonchev–Trinajstić information content (AvgIpc) is 3.69. The number of hydrogen-bond acceptors (Lipinski definition) is 4. The minimum Gasteiger partial charge on any atom is -0.509 e. The summed E-state index contributed by atoms with van der Waals surface area (Å²) in [6.45, 7) is 29.2. The van der Waals surface area contributed by atoms with E-state index in [2.05, 4.69) is 213 Å². The van der Waals surface area contributed by atoms with Crippen LogP contribution < -0.4 is 14.5 Å². The maximum absolute atomic E-state index is 6.82. The van der Waals surface area contributed by atoms with Gasteiger partial charge < -0.3 is 19.1 Å². The van der Waals surface area contributed by atoms with Gasteiger partial charge in [-0.15, -0.1) is 53.6 Å². The molecule has 0 fully saturated rings. The Morgan fingerprint density at radius 1 is 0.534 bits per heavy atom. The van der Waals surface area contributed by atoms with Gasteiger partial charge in [0.05, 0.1) is 0 Å². The molecule has 7 aromatic rings. The summed E-state index contributed by atoms with van der Waals surface area (Å²) in [4.78, 5) is 9.45. The zero-order chi connectivity index (χ0) is 40.7. The molecule has 3 heterocycles. The van der Waals surface area contributed by atoms with Gasteiger partial charge in [0.15, 0.2) is 0 Å². The minimum absolute atomic E-state index is 0. The van der Waals surface area contributed by atoms with E-state index in [1.807, 2.05) is 12.3 Å². The molecule has 0 atom stereocenters. The van der Waals surface area contributed by atoms with E-state index >= 15 is 0 Å². The predicted octanol–water partition coefficient (Wildman–Crippen LogP) is 14.2. The van der Waals surface area contributed by atoms with Crippen molar-refractivity contribution < 1.29 is 25.8 Å². The van der Waals surface area contributed by atoms with E-state index in [9.17, 15) is 0 Å². The molecule has 0 amide bonds. The van der Waals surface area contributed by atoms with Crippen molar-refractivity contribution in [1.29, 1.82) is 0 Å². The molecule has 5 aromatic carbocycles. The van der Waals surface area contributed by atoms with Crippen molar-refractivity contribution in [3.8, 4) is 17.3 Å². The normalized spacial score (nSPS) is 13.6. The quantitative estimate of drug-likeness (QED) is 0.161. The molecule has 0 radical (unpaired) electrons. The van der Waals surface area contributed by atoms with E-state index in [-0.39, 0.29) is 42.7 Å². The van der Waals surface area contributed by atoms with Crippen LogP contribution in [0.15, 0.2) is 109 Å². The van der Waals surface area contributed by atoms with Gasteiger partial charge in [-0.2, -0.15) is 6.07 Å². The number of ether oxygens (including phenoxy) is 1. The van der Waals surface area contributed by atoms with Crippen LogP contribution in [0.3, 0.4) is 0 Å². The molecule has 0 N–H and O–H groups in total. The minimum atomic E-state index is -0.150. The van der Waals surface area contributed by atoms with E-state index in [4.69, 9.17) is 9.72 Å². The molecule has 0 saturated carbocycles. The first-order valence-corrected chi connectivity index (χ1v) is 20.1. The van der Waals surface area contributed by atoms with Crippen LogP contribution in [0, 0.1) is 18.8 Å². The van der Waals surface area contributed by atoms with Gasteiger partial charge in [0.2, 0.25) is 0 Å². The molecule has 0 saturated heterocycles. The fraction of sp³-hybridized carbons (Fsp3) is 0.308. The molecule has 0 bridgehead atoms. The number of hydrogen-bond donors (Lipinski definition) is 0. The number of aromatic nitrogens is 2. The molecule has 58 heavy (non-hydrogen) atoms. The maximum atomic E-state index is 6.82. The number of benzene rings is 5. The van der Waals surface area contributed by atoms with Gasteiger partial charge in [-0.1, -0.05) is 125 Å². The van der Waals surface area contributed by atoms with Crippen molar-refractivity contribution in [2.24, 2.45) is 0 Å². The van der Waals surface area contributed by atoms with E-state index in [0.717, 1.165) is 55.9 Å². The Hall–Kier alpha value is -4.86. The monoisotopic (exact) mass is 946 g/mol. The van der Waals surface area contributed by atoms with Gasteiger partial charge in [0, 0.05) is 61.3 Å². The molecule has 8 rings (SSSR count). The van der Waals surface area contributed by atoms with Gasteiger partial charge in [-0.05, 0) is 86.2 Å². The van der Waals surface area contributed by atoms with Gasteiger partial charge in [0.1, 0.15) is 5.82 Å². The second-order valence-electron chi connectivity index (χ2n) is 19.7. The SMILES string of the molecule is CC(C)(C)c1cc(Oc2[c-]c3c(cc2)c2ccccc2n3-c2cc(C(C)(C)C)ccn2)[c-]c(N2[CH-]N(c3cccc(C(C)(C)C)c3)c3ccc(C(C)(C)C)cc32)c1.[Pt]. The molecule has 1 aliphatic heterocycles. The van der Waals surface area contributed by atoms with E-state index < -0.39 is 0 Å². The fourth-order valence-electron chi connectivity index (χ4n) is 7.59. The summed E-state index contributed by atoms with van der Waals surface area (Å²) in [5, 5.41) is 2.25. The number of pyridine rings is 1. The van der Waals surface area contributed by atoms with Crippen LogP contribution in [-0.2, 0) is 42.7 Å². The first-order valence-electron chi connectivity index (χ1n) is 20.1. The van der Waals surface area contributed by atoms with Crippen molar-refractivity contribution in [3.63, 3.8) is 0 Å². The smallest absolute Gasteiger partial charge is 0.135 e. The van der Waals surface area contributed by atoms with Crippen LogP contribution in [-0.4, -0.2) is 9.55 Å². The first kappa shape index (κ1) is 41.3. The molecule has 0 aliphatic carbocycles. The van der Waals surface area contributed by atoms with Crippen molar-refractivity contribution in [2.45, 2.75) is 105 Å². The number of nitrogens with zero attached hydrogens (tertiary/aromatic N) is 4. The van der Waals surface area contributed by atoms with Crippen molar-refractivity contribution in [3.05, 3.63) is 150 Å².